The summed E-state index contributed by atoms with van der Waals surface area (Å²) < 4.78 is 5.17. The molecule has 0 radical (unpaired) electrons. The number of amides is 1. The smallest absolute Gasteiger partial charge is 0.416 e. The van der Waals surface area contributed by atoms with Gasteiger partial charge in [-0.3, -0.25) is 4.90 Å². The van der Waals surface area contributed by atoms with E-state index in [2.05, 4.69) is 4.98 Å². The van der Waals surface area contributed by atoms with Crippen molar-refractivity contribution in [3.8, 4) is 6.07 Å². The lowest BCUT2D eigenvalue weighted by molar-refractivity contribution is 0.0589. The summed E-state index contributed by atoms with van der Waals surface area (Å²) in [6, 6.07) is 1.97. The standard InChI is InChI=1S/C10H13N3O2S/c1-10(2,3)15-9(14)13(4)8-12-6-7(5-11)16-8/h6H,1-4H3. The maximum absolute atomic E-state index is 11.6. The van der Waals surface area contributed by atoms with E-state index in [1.54, 1.807) is 27.8 Å². The first-order chi connectivity index (χ1) is 7.33. The number of hydrogen-bond acceptors (Lipinski definition) is 5. The Kier molecular flexibility index (Phi) is 3.50. The van der Waals surface area contributed by atoms with Crippen LogP contribution in [0.15, 0.2) is 6.20 Å². The Morgan fingerprint density at radius 1 is 1.62 bits per heavy atom. The van der Waals surface area contributed by atoms with Crippen molar-refractivity contribution >= 4 is 22.6 Å². The predicted octanol–water partition coefficient (Wildman–Crippen LogP) is 2.39. The van der Waals surface area contributed by atoms with Crippen molar-refractivity contribution in [1.82, 2.24) is 4.98 Å². The molecule has 1 heterocycles. The summed E-state index contributed by atoms with van der Waals surface area (Å²) in [5.74, 6) is 0. The molecule has 0 unspecified atom stereocenters. The lowest BCUT2D eigenvalue weighted by Gasteiger charge is -2.23. The molecule has 86 valence electrons. The van der Waals surface area contributed by atoms with Gasteiger partial charge in [-0.05, 0) is 20.8 Å². The highest BCUT2D eigenvalue weighted by Gasteiger charge is 2.22. The van der Waals surface area contributed by atoms with E-state index in [4.69, 9.17) is 10.00 Å². The molecule has 16 heavy (non-hydrogen) atoms. The fraction of sp³-hybridized carbons (Fsp3) is 0.500. The van der Waals surface area contributed by atoms with E-state index in [9.17, 15) is 4.79 Å². The summed E-state index contributed by atoms with van der Waals surface area (Å²) in [6.45, 7) is 5.38. The quantitative estimate of drug-likeness (QED) is 0.754. The molecule has 0 aliphatic carbocycles. The number of carbonyl (C=O) groups excluding carboxylic acids is 1. The number of aromatic nitrogens is 1. The number of nitrogens with zero attached hydrogens (tertiary/aromatic N) is 3. The van der Waals surface area contributed by atoms with Crippen molar-refractivity contribution in [2.45, 2.75) is 26.4 Å². The average Bonchev–Trinajstić information content (AvgIpc) is 2.61. The van der Waals surface area contributed by atoms with Crippen molar-refractivity contribution in [2.75, 3.05) is 11.9 Å². The summed E-state index contributed by atoms with van der Waals surface area (Å²) in [5, 5.41) is 9.09. The maximum atomic E-state index is 11.6. The van der Waals surface area contributed by atoms with E-state index in [0.717, 1.165) is 11.3 Å². The third-order valence-corrected chi connectivity index (χ3v) is 2.54. The van der Waals surface area contributed by atoms with E-state index in [1.807, 2.05) is 6.07 Å². The molecule has 1 aromatic rings. The fourth-order valence-electron chi connectivity index (χ4n) is 0.880. The van der Waals surface area contributed by atoms with Gasteiger partial charge in [0.2, 0.25) is 0 Å². The molecule has 0 bridgehead atoms. The van der Waals surface area contributed by atoms with Crippen molar-refractivity contribution in [3.63, 3.8) is 0 Å². The summed E-state index contributed by atoms with van der Waals surface area (Å²) in [5.41, 5.74) is -0.541. The molecule has 0 saturated carbocycles. The molecule has 0 aliphatic heterocycles. The Balaban J connectivity index is 2.75. The highest BCUT2D eigenvalue weighted by atomic mass is 32.1. The minimum absolute atomic E-state index is 0.450. The van der Waals surface area contributed by atoms with Crippen LogP contribution in [0.3, 0.4) is 0 Å². The van der Waals surface area contributed by atoms with Gasteiger partial charge in [0.25, 0.3) is 0 Å². The molecule has 0 atom stereocenters. The number of ether oxygens (including phenoxy) is 1. The zero-order valence-corrected chi connectivity index (χ0v) is 10.5. The lowest BCUT2D eigenvalue weighted by atomic mass is 10.2. The van der Waals surface area contributed by atoms with E-state index < -0.39 is 11.7 Å². The molecular formula is C10H13N3O2S. The number of anilines is 1. The number of carbonyl (C=O) groups is 1. The Morgan fingerprint density at radius 3 is 2.69 bits per heavy atom. The second-order valence-corrected chi connectivity index (χ2v) is 5.17. The van der Waals surface area contributed by atoms with Gasteiger partial charge in [-0.15, -0.1) is 0 Å². The van der Waals surface area contributed by atoms with Crippen LogP contribution in [0.25, 0.3) is 0 Å². The molecule has 6 heteroatoms. The van der Waals surface area contributed by atoms with E-state index in [0.29, 0.717) is 10.0 Å². The van der Waals surface area contributed by atoms with E-state index >= 15 is 0 Å². The normalized spacial score (nSPS) is 10.7. The third-order valence-electron chi connectivity index (χ3n) is 1.56. The van der Waals surface area contributed by atoms with Gasteiger partial charge in [-0.2, -0.15) is 5.26 Å². The van der Waals surface area contributed by atoms with Gasteiger partial charge < -0.3 is 4.74 Å². The van der Waals surface area contributed by atoms with Gasteiger partial charge in [0, 0.05) is 7.05 Å². The van der Waals surface area contributed by atoms with Crippen LogP contribution >= 0.6 is 11.3 Å². The molecule has 5 nitrogen and oxygen atoms in total. The van der Waals surface area contributed by atoms with Gasteiger partial charge in [0.15, 0.2) is 5.13 Å². The third kappa shape index (κ3) is 3.21. The summed E-state index contributed by atoms with van der Waals surface area (Å²) in [4.78, 5) is 17.4. The highest BCUT2D eigenvalue weighted by Crippen LogP contribution is 2.22. The second-order valence-electron chi connectivity index (χ2n) is 4.16. The molecular weight excluding hydrogens is 226 g/mol. The van der Waals surface area contributed by atoms with Gasteiger partial charge in [0.05, 0.1) is 6.20 Å². The minimum Gasteiger partial charge on any atom is -0.443 e. The topological polar surface area (TPSA) is 66.2 Å². The predicted molar refractivity (Wildman–Crippen MR) is 61.5 cm³/mol. The van der Waals surface area contributed by atoms with Crippen LogP contribution in [0.4, 0.5) is 9.93 Å². The monoisotopic (exact) mass is 239 g/mol. The number of hydrogen-bond donors (Lipinski definition) is 0. The summed E-state index contributed by atoms with van der Waals surface area (Å²) in [6.07, 6.45) is 0.951. The van der Waals surface area contributed by atoms with Crippen molar-refractivity contribution in [2.24, 2.45) is 0 Å². The maximum Gasteiger partial charge on any atom is 0.416 e. The molecule has 1 aromatic heterocycles. The zero-order chi connectivity index (χ0) is 12.3. The Bertz CT molecular complexity index is 428. The SMILES string of the molecule is CN(C(=O)OC(C)(C)C)c1ncc(C#N)s1. The first-order valence-corrected chi connectivity index (χ1v) is 5.48. The number of thiazole rings is 1. The van der Waals surface area contributed by atoms with Crippen LogP contribution in [0, 0.1) is 11.3 Å². The van der Waals surface area contributed by atoms with Gasteiger partial charge >= 0.3 is 6.09 Å². The summed E-state index contributed by atoms with van der Waals surface area (Å²) >= 11 is 1.15. The molecule has 0 fully saturated rings. The molecule has 0 spiro atoms. The van der Waals surface area contributed by atoms with Gasteiger partial charge in [0.1, 0.15) is 16.5 Å². The van der Waals surface area contributed by atoms with E-state index in [1.165, 1.54) is 11.1 Å². The van der Waals surface area contributed by atoms with Crippen LogP contribution in [0.2, 0.25) is 0 Å². The van der Waals surface area contributed by atoms with Gasteiger partial charge in [-0.1, -0.05) is 11.3 Å². The average molecular weight is 239 g/mol. The fourth-order valence-corrected chi connectivity index (χ4v) is 1.54. The van der Waals surface area contributed by atoms with Crippen molar-refractivity contribution < 1.29 is 9.53 Å². The number of nitriles is 1. The largest absolute Gasteiger partial charge is 0.443 e. The van der Waals surface area contributed by atoms with Crippen LogP contribution < -0.4 is 4.90 Å². The Labute approximate surface area is 98.3 Å². The Morgan fingerprint density at radius 2 is 2.25 bits per heavy atom. The first kappa shape index (κ1) is 12.5. The van der Waals surface area contributed by atoms with Crippen LogP contribution in [0.1, 0.15) is 25.6 Å². The van der Waals surface area contributed by atoms with Crippen LogP contribution in [-0.4, -0.2) is 23.7 Å². The number of rotatable bonds is 1. The molecule has 0 aromatic carbocycles. The van der Waals surface area contributed by atoms with Crippen molar-refractivity contribution in [1.29, 1.82) is 5.26 Å². The Hall–Kier alpha value is -1.61. The second kappa shape index (κ2) is 4.49. The molecule has 0 saturated heterocycles. The van der Waals surface area contributed by atoms with Gasteiger partial charge in [-0.25, -0.2) is 9.78 Å². The zero-order valence-electron chi connectivity index (χ0n) is 9.64. The molecule has 0 aliphatic rings. The van der Waals surface area contributed by atoms with Crippen molar-refractivity contribution in [3.05, 3.63) is 11.1 Å². The molecule has 1 rings (SSSR count). The highest BCUT2D eigenvalue weighted by molar-refractivity contribution is 7.16. The lowest BCUT2D eigenvalue weighted by Crippen LogP contribution is -2.34. The molecule has 0 N–H and O–H groups in total. The van der Waals surface area contributed by atoms with Crippen LogP contribution in [0.5, 0.6) is 0 Å². The first-order valence-electron chi connectivity index (χ1n) is 4.66. The molecule has 1 amide bonds. The van der Waals surface area contributed by atoms with Crippen LogP contribution in [-0.2, 0) is 4.74 Å². The van der Waals surface area contributed by atoms with E-state index in [-0.39, 0.29) is 0 Å². The minimum atomic E-state index is -0.541. The summed E-state index contributed by atoms with van der Waals surface area (Å²) in [7, 11) is 1.56.